The van der Waals surface area contributed by atoms with Gasteiger partial charge in [-0.05, 0) is 6.07 Å². The maximum atomic E-state index is 5.92. The van der Waals surface area contributed by atoms with Crippen molar-refractivity contribution in [3.63, 3.8) is 0 Å². The van der Waals surface area contributed by atoms with Gasteiger partial charge < -0.3 is 5.73 Å². The molecule has 0 saturated carbocycles. The van der Waals surface area contributed by atoms with E-state index in [-0.39, 0.29) is 0 Å². The number of aryl methyl sites for hydroxylation is 1. The van der Waals surface area contributed by atoms with Crippen LogP contribution in [0.2, 0.25) is 5.02 Å². The summed E-state index contributed by atoms with van der Waals surface area (Å²) in [5, 5.41) is 6.64. The lowest BCUT2D eigenvalue weighted by molar-refractivity contribution is 0.768. The average Bonchev–Trinajstić information content (AvgIpc) is 2.97. The Bertz CT molecular complexity index is 675. The molecule has 0 unspecified atom stereocenters. The monoisotopic (exact) mass is 291 g/mol. The van der Waals surface area contributed by atoms with Gasteiger partial charge in [-0.15, -0.1) is 11.3 Å². The Labute approximate surface area is 118 Å². The van der Waals surface area contributed by atoms with Crippen molar-refractivity contribution in [1.29, 1.82) is 0 Å². The molecule has 0 aliphatic rings. The van der Waals surface area contributed by atoms with E-state index in [9.17, 15) is 0 Å². The van der Waals surface area contributed by atoms with Crippen LogP contribution in [-0.4, -0.2) is 19.7 Å². The van der Waals surface area contributed by atoms with Crippen molar-refractivity contribution in [3.8, 4) is 22.0 Å². The molecule has 0 aromatic carbocycles. The highest BCUT2D eigenvalue weighted by Crippen LogP contribution is 2.29. The quantitative estimate of drug-likeness (QED) is 0.788. The first-order chi connectivity index (χ1) is 9.11. The van der Waals surface area contributed by atoms with Crippen molar-refractivity contribution in [3.05, 3.63) is 34.9 Å². The smallest absolute Gasteiger partial charge is 0.172 e. The third-order valence-corrected chi connectivity index (χ3v) is 3.81. The molecule has 3 rings (SSSR count). The van der Waals surface area contributed by atoms with Crippen molar-refractivity contribution in [2.75, 3.05) is 5.73 Å². The molecule has 0 aliphatic carbocycles. The zero-order valence-electron chi connectivity index (χ0n) is 10.0. The summed E-state index contributed by atoms with van der Waals surface area (Å²) in [5.41, 5.74) is 7.49. The lowest BCUT2D eigenvalue weighted by Gasteiger charge is -2.02. The molecule has 7 heteroatoms. The number of nitrogen functional groups attached to an aromatic ring is 1. The van der Waals surface area contributed by atoms with Crippen LogP contribution in [0.25, 0.3) is 22.0 Å². The van der Waals surface area contributed by atoms with Gasteiger partial charge in [-0.25, -0.2) is 9.97 Å². The van der Waals surface area contributed by atoms with E-state index in [2.05, 4.69) is 15.1 Å². The molecule has 0 bridgehead atoms. The number of thiophene rings is 1. The molecule has 19 heavy (non-hydrogen) atoms. The van der Waals surface area contributed by atoms with Gasteiger partial charge in [-0.3, -0.25) is 4.68 Å². The summed E-state index contributed by atoms with van der Waals surface area (Å²) in [4.78, 5) is 9.64. The number of rotatable bonds is 2. The van der Waals surface area contributed by atoms with Crippen molar-refractivity contribution >= 4 is 28.8 Å². The van der Waals surface area contributed by atoms with Crippen molar-refractivity contribution < 1.29 is 0 Å². The molecule has 0 atom stereocenters. The fraction of sp³-hybridized carbons (Fsp3) is 0.0833. The summed E-state index contributed by atoms with van der Waals surface area (Å²) < 4.78 is 1.72. The van der Waals surface area contributed by atoms with Crippen LogP contribution in [0, 0.1) is 0 Å². The van der Waals surface area contributed by atoms with Gasteiger partial charge in [0.25, 0.3) is 0 Å². The van der Waals surface area contributed by atoms with Crippen LogP contribution in [0.1, 0.15) is 0 Å². The van der Waals surface area contributed by atoms with Crippen LogP contribution < -0.4 is 5.73 Å². The zero-order valence-corrected chi connectivity index (χ0v) is 11.6. The first-order valence-electron chi connectivity index (χ1n) is 5.50. The number of hydrogen-bond acceptors (Lipinski definition) is 5. The van der Waals surface area contributed by atoms with E-state index < -0.39 is 0 Å². The van der Waals surface area contributed by atoms with Gasteiger partial charge in [-0.2, -0.15) is 5.10 Å². The van der Waals surface area contributed by atoms with Crippen LogP contribution in [0.4, 0.5) is 5.82 Å². The molecule has 0 aliphatic heterocycles. The number of anilines is 1. The van der Waals surface area contributed by atoms with Gasteiger partial charge in [0.15, 0.2) is 5.82 Å². The molecule has 2 N–H and O–H groups in total. The summed E-state index contributed by atoms with van der Waals surface area (Å²) in [6, 6.07) is 3.56. The largest absolute Gasteiger partial charge is 0.384 e. The molecule has 0 fully saturated rings. The van der Waals surface area contributed by atoms with E-state index in [0.717, 1.165) is 16.1 Å². The predicted molar refractivity (Wildman–Crippen MR) is 77.0 cm³/mol. The summed E-state index contributed by atoms with van der Waals surface area (Å²) in [5.74, 6) is 1.00. The van der Waals surface area contributed by atoms with Gasteiger partial charge >= 0.3 is 0 Å². The van der Waals surface area contributed by atoms with Gasteiger partial charge in [0, 0.05) is 30.3 Å². The molecule has 0 saturated heterocycles. The number of nitrogens with two attached hydrogens (primary N) is 1. The maximum Gasteiger partial charge on any atom is 0.172 e. The fourth-order valence-electron chi connectivity index (χ4n) is 1.71. The SMILES string of the molecule is Cn1cc(-c2cc(N)nc(-c3cc(Cl)cs3)n2)cn1. The van der Waals surface area contributed by atoms with Crippen molar-refractivity contribution in [2.45, 2.75) is 0 Å². The summed E-state index contributed by atoms with van der Waals surface area (Å²) in [6.45, 7) is 0. The minimum absolute atomic E-state index is 0.424. The van der Waals surface area contributed by atoms with E-state index in [0.29, 0.717) is 16.7 Å². The Balaban J connectivity index is 2.10. The van der Waals surface area contributed by atoms with Gasteiger partial charge in [0.1, 0.15) is 5.82 Å². The normalized spacial score (nSPS) is 10.8. The number of halogens is 1. The molecule has 96 valence electrons. The maximum absolute atomic E-state index is 5.92. The number of hydrogen-bond donors (Lipinski definition) is 1. The molecule has 3 aromatic heterocycles. The first-order valence-corrected chi connectivity index (χ1v) is 6.75. The predicted octanol–water partition coefficient (Wildman–Crippen LogP) is 2.84. The Morgan fingerprint density at radius 1 is 1.32 bits per heavy atom. The molecular weight excluding hydrogens is 282 g/mol. The van der Waals surface area contributed by atoms with Crippen molar-refractivity contribution in [2.24, 2.45) is 7.05 Å². The highest BCUT2D eigenvalue weighted by atomic mass is 35.5. The van der Waals surface area contributed by atoms with Crippen LogP contribution in [0.5, 0.6) is 0 Å². The minimum atomic E-state index is 0.424. The number of aromatic nitrogens is 4. The first kappa shape index (κ1) is 12.1. The summed E-state index contributed by atoms with van der Waals surface area (Å²) in [6.07, 6.45) is 3.62. The van der Waals surface area contributed by atoms with E-state index in [4.69, 9.17) is 17.3 Å². The van der Waals surface area contributed by atoms with E-state index in [1.807, 2.05) is 24.7 Å². The summed E-state index contributed by atoms with van der Waals surface area (Å²) >= 11 is 7.41. The second-order valence-electron chi connectivity index (χ2n) is 4.03. The zero-order chi connectivity index (χ0) is 13.4. The third-order valence-electron chi connectivity index (χ3n) is 2.53. The Kier molecular flexibility index (Phi) is 2.96. The van der Waals surface area contributed by atoms with Gasteiger partial charge in [0.2, 0.25) is 0 Å². The second-order valence-corrected chi connectivity index (χ2v) is 5.38. The van der Waals surface area contributed by atoms with E-state index in [1.165, 1.54) is 11.3 Å². The molecule has 0 amide bonds. The summed E-state index contributed by atoms with van der Waals surface area (Å²) in [7, 11) is 1.86. The van der Waals surface area contributed by atoms with Crippen LogP contribution in [-0.2, 0) is 7.05 Å². The fourth-order valence-corrected chi connectivity index (χ4v) is 2.71. The Hall–Kier alpha value is -1.92. The highest BCUT2D eigenvalue weighted by Gasteiger charge is 2.10. The average molecular weight is 292 g/mol. The second kappa shape index (κ2) is 4.64. The van der Waals surface area contributed by atoms with Crippen LogP contribution in [0.15, 0.2) is 29.9 Å². The molecule has 0 spiro atoms. The molecule has 5 nitrogen and oxygen atoms in total. The molecule has 3 heterocycles. The van der Waals surface area contributed by atoms with E-state index in [1.54, 1.807) is 16.9 Å². The standard InChI is InChI=1S/C12H10ClN5S/c1-18-5-7(4-15-18)9-3-11(14)17-12(16-9)10-2-8(13)6-19-10/h2-6H,1H3,(H2,14,16,17). The van der Waals surface area contributed by atoms with Crippen LogP contribution >= 0.6 is 22.9 Å². The van der Waals surface area contributed by atoms with Gasteiger partial charge in [0.05, 0.1) is 21.8 Å². The lowest BCUT2D eigenvalue weighted by Crippen LogP contribution is -1.96. The number of nitrogens with zero attached hydrogens (tertiary/aromatic N) is 4. The highest BCUT2D eigenvalue weighted by molar-refractivity contribution is 7.14. The Morgan fingerprint density at radius 2 is 2.16 bits per heavy atom. The van der Waals surface area contributed by atoms with Crippen molar-refractivity contribution in [1.82, 2.24) is 19.7 Å². The van der Waals surface area contributed by atoms with E-state index >= 15 is 0 Å². The minimum Gasteiger partial charge on any atom is -0.384 e. The van der Waals surface area contributed by atoms with Crippen LogP contribution in [0.3, 0.4) is 0 Å². The topological polar surface area (TPSA) is 69.6 Å². The molecule has 3 aromatic rings. The Morgan fingerprint density at radius 3 is 2.79 bits per heavy atom. The molecular formula is C12H10ClN5S. The van der Waals surface area contributed by atoms with Gasteiger partial charge in [-0.1, -0.05) is 11.6 Å². The third kappa shape index (κ3) is 2.45. The molecule has 0 radical (unpaired) electrons. The lowest BCUT2D eigenvalue weighted by atomic mass is 10.2.